The largest absolute Gasteiger partial charge is 0.462 e. The minimum atomic E-state index is -0.308. The van der Waals surface area contributed by atoms with Crippen molar-refractivity contribution in [2.24, 2.45) is 0 Å². The Hall–Kier alpha value is 0.179. The van der Waals surface area contributed by atoms with Crippen LogP contribution in [-0.4, -0.2) is 38.6 Å². The predicted octanol–water partition coefficient (Wildman–Crippen LogP) is 1.65. The quantitative estimate of drug-likeness (QED) is 0.408. The SMILES string of the molecule is CCC(CC(C)=O)OC(=O)CC(C)OC.[B]P.[V]. The second-order valence-corrected chi connectivity index (χ2v) is 3.68. The molecule has 0 aliphatic carbocycles. The zero-order valence-electron chi connectivity index (χ0n) is 11.5. The smallest absolute Gasteiger partial charge is 0.308 e. The number of ketones is 1. The standard InChI is InChI=1S/C11H20O4.BH2P.V/c1-5-10(6-8(2)12)15-11(13)7-9(3)14-4;1-2;/h9-10H,5-7H2,1-4H3;2H2;. The minimum absolute atomic E-state index is 0. The zero-order valence-corrected chi connectivity index (χ0v) is 14.1. The van der Waals surface area contributed by atoms with Gasteiger partial charge in [0.15, 0.2) is 0 Å². The van der Waals surface area contributed by atoms with Gasteiger partial charge in [-0.2, -0.15) is 9.12 Å². The average molecular weight is 311 g/mol. The summed E-state index contributed by atoms with van der Waals surface area (Å²) in [7, 11) is 7.88. The molecule has 7 heteroatoms. The van der Waals surface area contributed by atoms with Gasteiger partial charge in [0, 0.05) is 32.1 Å². The first-order valence-corrected chi connectivity index (χ1v) is 6.21. The Bertz CT molecular complexity index is 229. The molecule has 0 aromatic rings. The van der Waals surface area contributed by atoms with Crippen molar-refractivity contribution in [3.63, 3.8) is 0 Å². The number of hydrogen-bond donors (Lipinski definition) is 0. The van der Waals surface area contributed by atoms with E-state index < -0.39 is 0 Å². The van der Waals surface area contributed by atoms with Crippen molar-refractivity contribution in [1.29, 1.82) is 0 Å². The monoisotopic (exact) mass is 311 g/mol. The molecule has 0 aromatic carbocycles. The number of methoxy groups -OCH3 is 1. The fourth-order valence-corrected chi connectivity index (χ4v) is 1.14. The number of esters is 1. The fraction of sp³-hybridized carbons (Fsp3) is 0.818. The van der Waals surface area contributed by atoms with Crippen LogP contribution in [0.3, 0.4) is 0 Å². The van der Waals surface area contributed by atoms with Crippen LogP contribution in [0.4, 0.5) is 0 Å². The topological polar surface area (TPSA) is 52.6 Å². The summed E-state index contributed by atoms with van der Waals surface area (Å²) in [5.74, 6) is -0.271. The van der Waals surface area contributed by atoms with Crippen molar-refractivity contribution in [2.75, 3.05) is 7.11 Å². The molecule has 0 bridgehead atoms. The maximum atomic E-state index is 11.3. The number of rotatable bonds is 7. The van der Waals surface area contributed by atoms with Crippen LogP contribution >= 0.6 is 9.12 Å². The zero-order chi connectivity index (χ0) is 13.8. The van der Waals surface area contributed by atoms with Gasteiger partial charge in [0.05, 0.1) is 20.1 Å². The predicted molar refractivity (Wildman–Crippen MR) is 72.0 cm³/mol. The summed E-state index contributed by atoms with van der Waals surface area (Å²) < 4.78 is 10.1. The number of Topliss-reactive ketones (excluding diaryl/α,β-unsaturated/α-hetero) is 1. The van der Waals surface area contributed by atoms with Gasteiger partial charge in [0.1, 0.15) is 11.9 Å². The van der Waals surface area contributed by atoms with Crippen LogP contribution < -0.4 is 0 Å². The summed E-state index contributed by atoms with van der Waals surface area (Å²) in [5.41, 5.74) is 0. The Labute approximate surface area is 125 Å². The van der Waals surface area contributed by atoms with Gasteiger partial charge in [-0.25, -0.2) is 0 Å². The van der Waals surface area contributed by atoms with Crippen molar-refractivity contribution in [1.82, 2.24) is 0 Å². The van der Waals surface area contributed by atoms with Crippen LogP contribution in [0.15, 0.2) is 0 Å². The van der Waals surface area contributed by atoms with Crippen LogP contribution in [0.5, 0.6) is 0 Å². The van der Waals surface area contributed by atoms with E-state index in [1.54, 1.807) is 14.0 Å². The molecule has 0 rings (SSSR count). The summed E-state index contributed by atoms with van der Waals surface area (Å²) >= 11 is 0. The molecule has 0 saturated heterocycles. The molecule has 0 spiro atoms. The van der Waals surface area contributed by atoms with E-state index in [4.69, 9.17) is 9.47 Å². The molecule has 0 aliphatic heterocycles. The van der Waals surface area contributed by atoms with Crippen LogP contribution in [0.2, 0.25) is 0 Å². The fourth-order valence-electron chi connectivity index (χ4n) is 1.14. The van der Waals surface area contributed by atoms with E-state index in [0.717, 1.165) is 0 Å². The first kappa shape index (κ1) is 23.3. The van der Waals surface area contributed by atoms with Gasteiger partial charge < -0.3 is 9.47 Å². The number of carbonyl (C=O) groups is 2. The Morgan fingerprint density at radius 3 is 2.11 bits per heavy atom. The molecule has 0 heterocycles. The average Bonchev–Trinajstić information content (AvgIpc) is 2.29. The third kappa shape index (κ3) is 14.2. The van der Waals surface area contributed by atoms with Gasteiger partial charge in [-0.15, -0.1) is 0 Å². The van der Waals surface area contributed by atoms with Crippen LogP contribution in [0.25, 0.3) is 0 Å². The van der Waals surface area contributed by atoms with Crippen molar-refractivity contribution < 1.29 is 37.6 Å². The third-order valence-electron chi connectivity index (χ3n) is 2.13. The summed E-state index contributed by atoms with van der Waals surface area (Å²) in [5, 5.41) is 0. The molecule has 103 valence electrons. The first-order chi connectivity index (χ1) is 7.99. The van der Waals surface area contributed by atoms with E-state index in [-0.39, 0.29) is 48.9 Å². The molecule has 3 atom stereocenters. The van der Waals surface area contributed by atoms with Gasteiger partial charge in [0.2, 0.25) is 0 Å². The number of carbonyl (C=O) groups excluding carboxylic acids is 2. The van der Waals surface area contributed by atoms with E-state index in [9.17, 15) is 9.59 Å². The Kier molecular flexibility index (Phi) is 19.7. The number of hydrogen-bond acceptors (Lipinski definition) is 4. The first-order valence-electron chi connectivity index (χ1n) is 5.54. The van der Waals surface area contributed by atoms with E-state index >= 15 is 0 Å². The minimum Gasteiger partial charge on any atom is -0.462 e. The van der Waals surface area contributed by atoms with Crippen molar-refractivity contribution >= 4 is 28.4 Å². The van der Waals surface area contributed by atoms with Gasteiger partial charge in [0.25, 0.3) is 0 Å². The molecule has 18 heavy (non-hydrogen) atoms. The maximum Gasteiger partial charge on any atom is 0.308 e. The Morgan fingerprint density at radius 2 is 1.78 bits per heavy atom. The van der Waals surface area contributed by atoms with Crippen molar-refractivity contribution in [2.45, 2.75) is 52.2 Å². The molecular formula is C11H22BO4PV. The molecule has 3 radical (unpaired) electrons. The van der Waals surface area contributed by atoms with E-state index in [1.165, 1.54) is 6.92 Å². The van der Waals surface area contributed by atoms with Gasteiger partial charge in [-0.1, -0.05) is 6.92 Å². The van der Waals surface area contributed by atoms with Gasteiger partial charge in [-0.3, -0.25) is 9.59 Å². The van der Waals surface area contributed by atoms with Crippen LogP contribution in [-0.2, 0) is 37.6 Å². The van der Waals surface area contributed by atoms with Gasteiger partial charge in [-0.05, 0) is 20.3 Å². The van der Waals surface area contributed by atoms with E-state index in [2.05, 4.69) is 7.57 Å². The van der Waals surface area contributed by atoms with Crippen LogP contribution in [0.1, 0.15) is 40.0 Å². The van der Waals surface area contributed by atoms with Gasteiger partial charge >= 0.3 is 5.97 Å². The van der Waals surface area contributed by atoms with E-state index in [0.29, 0.717) is 12.8 Å². The molecule has 0 aliphatic rings. The van der Waals surface area contributed by atoms with E-state index in [1.807, 2.05) is 16.0 Å². The Balaban J connectivity index is -0.000000709. The summed E-state index contributed by atoms with van der Waals surface area (Å²) in [6, 6.07) is 0. The molecular weight excluding hydrogens is 289 g/mol. The molecule has 0 N–H and O–H groups in total. The normalized spacial score (nSPS) is 12.3. The summed E-state index contributed by atoms with van der Waals surface area (Å²) in [4.78, 5) is 22.2. The summed E-state index contributed by atoms with van der Waals surface area (Å²) in [6.07, 6.45) is 0.743. The maximum absolute atomic E-state index is 11.3. The van der Waals surface area contributed by atoms with Crippen molar-refractivity contribution in [3.05, 3.63) is 0 Å². The number of ether oxygens (including phenoxy) is 2. The summed E-state index contributed by atoms with van der Waals surface area (Å²) in [6.45, 7) is 5.18. The molecule has 0 fully saturated rings. The molecule has 4 nitrogen and oxygen atoms in total. The molecule has 3 unspecified atom stereocenters. The van der Waals surface area contributed by atoms with Crippen molar-refractivity contribution in [3.8, 4) is 0 Å². The molecule has 0 saturated carbocycles. The molecule has 0 amide bonds. The second kappa shape index (κ2) is 15.2. The van der Waals surface area contributed by atoms with Crippen LogP contribution in [0, 0.1) is 0 Å². The Morgan fingerprint density at radius 1 is 1.28 bits per heavy atom. The molecule has 0 aromatic heterocycles. The second-order valence-electron chi connectivity index (χ2n) is 3.68. The third-order valence-corrected chi connectivity index (χ3v) is 2.13.